The Balaban J connectivity index is 2.50. The lowest BCUT2D eigenvalue weighted by Crippen LogP contribution is -2.27. The van der Waals surface area contributed by atoms with Gasteiger partial charge in [-0.25, -0.2) is 0 Å². The molecule has 102 valence electrons. The first-order chi connectivity index (χ1) is 8.54. The molecule has 0 aliphatic heterocycles. The summed E-state index contributed by atoms with van der Waals surface area (Å²) in [6, 6.07) is 1.74. The fraction of sp³-hybridized carbons (Fsp3) is 0.643. The Bertz CT molecular complexity index is 382. The topological polar surface area (TPSA) is 60.0 Å². The van der Waals surface area contributed by atoms with E-state index in [1.807, 2.05) is 10.8 Å². The second kappa shape index (κ2) is 7.09. The van der Waals surface area contributed by atoms with Crippen LogP contribution in [0.5, 0.6) is 0 Å². The maximum Gasteiger partial charge on any atom is 0.267 e. The van der Waals surface area contributed by atoms with Gasteiger partial charge in [0.2, 0.25) is 0 Å². The average molecular weight is 251 g/mol. The molecule has 0 aliphatic carbocycles. The lowest BCUT2D eigenvalue weighted by Gasteiger charge is -2.09. The van der Waals surface area contributed by atoms with Gasteiger partial charge in [0.15, 0.2) is 0 Å². The first kappa shape index (κ1) is 14.6. The molecule has 18 heavy (non-hydrogen) atoms. The van der Waals surface area contributed by atoms with Crippen molar-refractivity contribution >= 4 is 11.6 Å². The molecule has 4 nitrogen and oxygen atoms in total. The highest BCUT2D eigenvalue weighted by molar-refractivity contribution is 5.93. The van der Waals surface area contributed by atoms with Crippen molar-refractivity contribution in [3.8, 4) is 0 Å². The molecule has 0 unspecified atom stereocenters. The Morgan fingerprint density at radius 2 is 2.22 bits per heavy atom. The molecule has 0 spiro atoms. The van der Waals surface area contributed by atoms with E-state index in [9.17, 15) is 4.79 Å². The summed E-state index contributed by atoms with van der Waals surface area (Å²) < 4.78 is 1.92. The van der Waals surface area contributed by atoms with Gasteiger partial charge in [0.25, 0.3) is 5.91 Å². The van der Waals surface area contributed by atoms with Crippen LogP contribution in [0.1, 0.15) is 50.5 Å². The molecule has 0 atom stereocenters. The number of nitrogens with one attached hydrogen (secondary N) is 1. The van der Waals surface area contributed by atoms with Gasteiger partial charge < -0.3 is 15.6 Å². The Morgan fingerprint density at radius 3 is 2.83 bits per heavy atom. The molecule has 0 aromatic carbocycles. The summed E-state index contributed by atoms with van der Waals surface area (Å²) >= 11 is 0. The Hall–Kier alpha value is -1.45. The fourth-order valence-electron chi connectivity index (χ4n) is 1.95. The molecule has 0 saturated heterocycles. The van der Waals surface area contributed by atoms with Crippen LogP contribution in [0.25, 0.3) is 0 Å². The summed E-state index contributed by atoms with van der Waals surface area (Å²) in [4.78, 5) is 12.0. The lowest BCUT2D eigenvalue weighted by molar-refractivity contribution is 0.0943. The number of rotatable bonds is 7. The van der Waals surface area contributed by atoms with E-state index in [0.29, 0.717) is 17.3 Å². The van der Waals surface area contributed by atoms with Gasteiger partial charge in [-0.2, -0.15) is 0 Å². The minimum atomic E-state index is -0.0242. The molecule has 1 aromatic heterocycles. The molecule has 0 fully saturated rings. The Kier molecular flexibility index (Phi) is 5.75. The van der Waals surface area contributed by atoms with Crippen molar-refractivity contribution in [3.05, 3.63) is 18.0 Å². The van der Waals surface area contributed by atoms with Crippen LogP contribution in [0.2, 0.25) is 0 Å². The molecule has 3 N–H and O–H groups in total. The fourth-order valence-corrected chi connectivity index (χ4v) is 1.95. The third-order valence-corrected chi connectivity index (χ3v) is 2.86. The van der Waals surface area contributed by atoms with E-state index < -0.39 is 0 Å². The van der Waals surface area contributed by atoms with Crippen molar-refractivity contribution in [3.63, 3.8) is 0 Å². The number of amides is 1. The SMILES string of the molecule is CCCn1cc(N)cc1C(=O)NCCCC(C)C. The number of carbonyl (C=O) groups is 1. The van der Waals surface area contributed by atoms with E-state index in [-0.39, 0.29) is 5.91 Å². The minimum absolute atomic E-state index is 0.0242. The number of carbonyl (C=O) groups excluding carboxylic acids is 1. The molecular weight excluding hydrogens is 226 g/mol. The predicted molar refractivity (Wildman–Crippen MR) is 75.5 cm³/mol. The van der Waals surface area contributed by atoms with Gasteiger partial charge >= 0.3 is 0 Å². The van der Waals surface area contributed by atoms with Crippen LogP contribution in [0.4, 0.5) is 5.69 Å². The van der Waals surface area contributed by atoms with Gasteiger partial charge in [-0.05, 0) is 31.2 Å². The molecule has 1 rings (SSSR count). The summed E-state index contributed by atoms with van der Waals surface area (Å²) in [6.07, 6.45) is 4.97. The van der Waals surface area contributed by atoms with Crippen LogP contribution in [0.3, 0.4) is 0 Å². The van der Waals surface area contributed by atoms with Crippen molar-refractivity contribution in [1.82, 2.24) is 9.88 Å². The molecule has 4 heteroatoms. The number of anilines is 1. The largest absolute Gasteiger partial charge is 0.397 e. The molecular formula is C14H25N3O. The molecule has 0 saturated carbocycles. The zero-order valence-corrected chi connectivity index (χ0v) is 11.7. The number of nitrogens with two attached hydrogens (primary N) is 1. The number of aromatic nitrogens is 1. The second-order valence-corrected chi connectivity index (χ2v) is 5.14. The summed E-state index contributed by atoms with van der Waals surface area (Å²) in [5.41, 5.74) is 7.06. The number of nitrogen functional groups attached to an aromatic ring is 1. The summed E-state index contributed by atoms with van der Waals surface area (Å²) in [6.45, 7) is 8.02. The normalized spacial score (nSPS) is 10.9. The highest BCUT2D eigenvalue weighted by Crippen LogP contribution is 2.11. The van der Waals surface area contributed by atoms with Crippen molar-refractivity contribution in [2.45, 2.75) is 46.6 Å². The maximum atomic E-state index is 12.0. The summed E-state index contributed by atoms with van der Waals surface area (Å²) in [5, 5.41) is 2.95. The number of hydrogen-bond donors (Lipinski definition) is 2. The highest BCUT2D eigenvalue weighted by atomic mass is 16.1. The first-order valence-electron chi connectivity index (χ1n) is 6.78. The van der Waals surface area contributed by atoms with Crippen molar-refractivity contribution < 1.29 is 4.79 Å². The van der Waals surface area contributed by atoms with E-state index in [4.69, 9.17) is 5.73 Å². The molecule has 0 bridgehead atoms. The predicted octanol–water partition coefficient (Wildman–Crippen LogP) is 2.65. The zero-order chi connectivity index (χ0) is 13.5. The quantitative estimate of drug-likeness (QED) is 0.732. The standard InChI is InChI=1S/C14H25N3O/c1-4-8-17-10-12(15)9-13(17)14(18)16-7-5-6-11(2)3/h9-11H,4-8,15H2,1-3H3,(H,16,18). The first-order valence-corrected chi connectivity index (χ1v) is 6.78. The highest BCUT2D eigenvalue weighted by Gasteiger charge is 2.11. The van der Waals surface area contributed by atoms with E-state index in [0.717, 1.165) is 32.4 Å². The van der Waals surface area contributed by atoms with E-state index in [2.05, 4.69) is 26.1 Å². The second-order valence-electron chi connectivity index (χ2n) is 5.14. The molecule has 0 radical (unpaired) electrons. The molecule has 1 amide bonds. The van der Waals surface area contributed by atoms with Crippen LogP contribution in [0.15, 0.2) is 12.3 Å². The third-order valence-electron chi connectivity index (χ3n) is 2.86. The Morgan fingerprint density at radius 1 is 1.50 bits per heavy atom. The Labute approximate surface area is 110 Å². The smallest absolute Gasteiger partial charge is 0.267 e. The van der Waals surface area contributed by atoms with Crippen LogP contribution in [-0.2, 0) is 6.54 Å². The van der Waals surface area contributed by atoms with Crippen molar-refractivity contribution in [1.29, 1.82) is 0 Å². The summed E-state index contributed by atoms with van der Waals surface area (Å²) in [5.74, 6) is 0.658. The molecule has 1 aromatic rings. The number of nitrogens with zero attached hydrogens (tertiary/aromatic N) is 1. The minimum Gasteiger partial charge on any atom is -0.397 e. The zero-order valence-electron chi connectivity index (χ0n) is 11.7. The van der Waals surface area contributed by atoms with Crippen LogP contribution < -0.4 is 11.1 Å². The van der Waals surface area contributed by atoms with Crippen LogP contribution in [-0.4, -0.2) is 17.0 Å². The van der Waals surface area contributed by atoms with Gasteiger partial charge in [0.1, 0.15) is 5.69 Å². The van der Waals surface area contributed by atoms with Gasteiger partial charge in [-0.3, -0.25) is 4.79 Å². The van der Waals surface area contributed by atoms with Crippen LogP contribution >= 0.6 is 0 Å². The molecule has 1 heterocycles. The number of hydrogen-bond acceptors (Lipinski definition) is 2. The maximum absolute atomic E-state index is 12.0. The van der Waals surface area contributed by atoms with E-state index in [1.54, 1.807) is 6.07 Å². The van der Waals surface area contributed by atoms with Gasteiger partial charge in [-0.1, -0.05) is 20.8 Å². The van der Waals surface area contributed by atoms with E-state index in [1.165, 1.54) is 0 Å². The number of aryl methyl sites for hydroxylation is 1. The van der Waals surface area contributed by atoms with E-state index >= 15 is 0 Å². The third kappa shape index (κ3) is 4.43. The lowest BCUT2D eigenvalue weighted by atomic mass is 10.1. The van der Waals surface area contributed by atoms with Gasteiger partial charge in [0, 0.05) is 19.3 Å². The summed E-state index contributed by atoms with van der Waals surface area (Å²) in [7, 11) is 0. The monoisotopic (exact) mass is 251 g/mol. The van der Waals surface area contributed by atoms with Gasteiger partial charge in [-0.15, -0.1) is 0 Å². The van der Waals surface area contributed by atoms with Crippen LogP contribution in [0, 0.1) is 5.92 Å². The average Bonchev–Trinajstić information content (AvgIpc) is 2.66. The van der Waals surface area contributed by atoms with Crippen molar-refractivity contribution in [2.75, 3.05) is 12.3 Å². The van der Waals surface area contributed by atoms with Gasteiger partial charge in [0.05, 0.1) is 5.69 Å². The van der Waals surface area contributed by atoms with Crippen molar-refractivity contribution in [2.24, 2.45) is 5.92 Å². The molecule has 0 aliphatic rings.